The van der Waals surface area contributed by atoms with Gasteiger partial charge in [0.2, 0.25) is 0 Å². The summed E-state index contributed by atoms with van der Waals surface area (Å²) in [6, 6.07) is 20.6. The maximum absolute atomic E-state index is 9.82. The van der Waals surface area contributed by atoms with E-state index in [4.69, 9.17) is 4.74 Å². The fourth-order valence-electron chi connectivity index (χ4n) is 2.79. The normalized spacial score (nSPS) is 13.8. The van der Waals surface area contributed by atoms with Gasteiger partial charge in [0.15, 0.2) is 0 Å². The number of nitrogens with one attached hydrogen (secondary N) is 1. The molecule has 2 aromatic rings. The zero-order chi connectivity index (χ0) is 17.2. The van der Waals surface area contributed by atoms with Crippen LogP contribution < -0.4 is 5.32 Å². The molecule has 24 heavy (non-hydrogen) atoms. The lowest BCUT2D eigenvalue weighted by atomic mass is 9.99. The molecule has 0 saturated heterocycles. The minimum atomic E-state index is -0.212. The van der Waals surface area contributed by atoms with E-state index in [1.54, 1.807) is 0 Å². The Bertz CT molecular complexity index is 557. The molecule has 0 spiro atoms. The van der Waals surface area contributed by atoms with Crippen LogP contribution in [-0.4, -0.2) is 23.9 Å². The summed E-state index contributed by atoms with van der Waals surface area (Å²) in [7, 11) is 0. The SMILES string of the molecule is CC(C)C[C@@H](NCc1ccccc1)[C@H](CO)OCc1ccccc1. The number of rotatable bonds is 10. The van der Waals surface area contributed by atoms with E-state index in [2.05, 4.69) is 31.3 Å². The van der Waals surface area contributed by atoms with Crippen molar-refractivity contribution in [3.63, 3.8) is 0 Å². The molecule has 0 aromatic heterocycles. The van der Waals surface area contributed by atoms with Crippen LogP contribution in [0, 0.1) is 5.92 Å². The van der Waals surface area contributed by atoms with Gasteiger partial charge in [-0.2, -0.15) is 0 Å². The zero-order valence-electron chi connectivity index (χ0n) is 14.7. The highest BCUT2D eigenvalue weighted by molar-refractivity contribution is 5.15. The second kappa shape index (κ2) is 10.2. The molecule has 0 amide bonds. The summed E-state index contributed by atoms with van der Waals surface area (Å²) >= 11 is 0. The Balaban J connectivity index is 1.95. The lowest BCUT2D eigenvalue weighted by molar-refractivity contribution is -0.0242. The van der Waals surface area contributed by atoms with Crippen molar-refractivity contribution in [3.8, 4) is 0 Å². The van der Waals surface area contributed by atoms with Crippen molar-refractivity contribution in [2.75, 3.05) is 6.61 Å². The molecule has 130 valence electrons. The molecule has 0 bridgehead atoms. The second-order valence-corrected chi connectivity index (χ2v) is 6.62. The van der Waals surface area contributed by atoms with Gasteiger partial charge in [0.1, 0.15) is 0 Å². The average molecular weight is 327 g/mol. The molecule has 2 aromatic carbocycles. The van der Waals surface area contributed by atoms with Crippen LogP contribution in [0.15, 0.2) is 60.7 Å². The fraction of sp³-hybridized carbons (Fsp3) is 0.429. The number of benzene rings is 2. The van der Waals surface area contributed by atoms with Crippen LogP contribution in [0.4, 0.5) is 0 Å². The second-order valence-electron chi connectivity index (χ2n) is 6.62. The summed E-state index contributed by atoms with van der Waals surface area (Å²) in [5, 5.41) is 13.4. The lowest BCUT2D eigenvalue weighted by Gasteiger charge is -2.28. The Morgan fingerprint density at radius 2 is 1.50 bits per heavy atom. The molecule has 0 saturated carbocycles. The van der Waals surface area contributed by atoms with E-state index in [0.717, 1.165) is 18.5 Å². The molecule has 0 aliphatic heterocycles. The van der Waals surface area contributed by atoms with Gasteiger partial charge in [0.05, 0.1) is 19.3 Å². The minimum absolute atomic E-state index is 0.0199. The Hall–Kier alpha value is -1.68. The van der Waals surface area contributed by atoms with Crippen molar-refractivity contribution in [3.05, 3.63) is 71.8 Å². The molecule has 2 N–H and O–H groups in total. The van der Waals surface area contributed by atoms with Gasteiger partial charge < -0.3 is 15.2 Å². The Labute approximate surface area is 145 Å². The van der Waals surface area contributed by atoms with E-state index in [9.17, 15) is 5.11 Å². The molecule has 3 heteroatoms. The van der Waals surface area contributed by atoms with E-state index in [0.29, 0.717) is 12.5 Å². The first-order valence-electron chi connectivity index (χ1n) is 8.72. The smallest absolute Gasteiger partial charge is 0.0962 e. The third-order valence-electron chi connectivity index (χ3n) is 4.07. The quantitative estimate of drug-likeness (QED) is 0.698. The van der Waals surface area contributed by atoms with Crippen molar-refractivity contribution in [1.29, 1.82) is 0 Å². The van der Waals surface area contributed by atoms with Crippen molar-refractivity contribution >= 4 is 0 Å². The van der Waals surface area contributed by atoms with Gasteiger partial charge in [-0.15, -0.1) is 0 Å². The lowest BCUT2D eigenvalue weighted by Crippen LogP contribution is -2.44. The molecule has 2 atom stereocenters. The Morgan fingerprint density at radius 3 is 2.04 bits per heavy atom. The van der Waals surface area contributed by atoms with Gasteiger partial charge in [-0.05, 0) is 23.5 Å². The van der Waals surface area contributed by atoms with E-state index >= 15 is 0 Å². The van der Waals surface area contributed by atoms with Crippen LogP contribution in [-0.2, 0) is 17.9 Å². The number of aliphatic hydroxyl groups excluding tert-OH is 1. The van der Waals surface area contributed by atoms with E-state index in [1.807, 2.05) is 48.5 Å². The molecular weight excluding hydrogens is 298 g/mol. The molecule has 2 rings (SSSR count). The molecule has 0 fully saturated rings. The van der Waals surface area contributed by atoms with Crippen LogP contribution in [0.1, 0.15) is 31.4 Å². The highest BCUT2D eigenvalue weighted by Crippen LogP contribution is 2.14. The standard InChI is InChI=1S/C21H29NO2/c1-17(2)13-20(22-14-18-9-5-3-6-10-18)21(15-23)24-16-19-11-7-4-8-12-19/h3-12,17,20-23H,13-16H2,1-2H3/t20-,21+/m1/s1. The third kappa shape index (κ3) is 6.44. The third-order valence-corrected chi connectivity index (χ3v) is 4.07. The monoisotopic (exact) mass is 327 g/mol. The number of ether oxygens (including phenoxy) is 1. The van der Waals surface area contributed by atoms with Crippen molar-refractivity contribution < 1.29 is 9.84 Å². The summed E-state index contributed by atoms with van der Waals surface area (Å²) in [6.07, 6.45) is 0.753. The van der Waals surface area contributed by atoms with Crippen LogP contribution in [0.3, 0.4) is 0 Å². The summed E-state index contributed by atoms with van der Waals surface area (Å²) in [4.78, 5) is 0. The van der Waals surface area contributed by atoms with Crippen molar-refractivity contribution in [2.24, 2.45) is 5.92 Å². The van der Waals surface area contributed by atoms with E-state index in [1.165, 1.54) is 5.56 Å². The maximum atomic E-state index is 9.82. The molecule has 3 nitrogen and oxygen atoms in total. The van der Waals surface area contributed by atoms with E-state index in [-0.39, 0.29) is 18.8 Å². The number of hydrogen-bond donors (Lipinski definition) is 2. The van der Waals surface area contributed by atoms with Gasteiger partial charge in [0.25, 0.3) is 0 Å². The van der Waals surface area contributed by atoms with Crippen LogP contribution in [0.2, 0.25) is 0 Å². The van der Waals surface area contributed by atoms with Crippen molar-refractivity contribution in [1.82, 2.24) is 5.32 Å². The van der Waals surface area contributed by atoms with Crippen LogP contribution >= 0.6 is 0 Å². The Kier molecular flexibility index (Phi) is 7.96. The highest BCUT2D eigenvalue weighted by atomic mass is 16.5. The van der Waals surface area contributed by atoms with E-state index < -0.39 is 0 Å². The average Bonchev–Trinajstić information content (AvgIpc) is 2.61. The molecule has 0 aliphatic carbocycles. The molecule has 0 aliphatic rings. The summed E-state index contributed by atoms with van der Waals surface area (Å²) < 4.78 is 6.02. The largest absolute Gasteiger partial charge is 0.394 e. The topological polar surface area (TPSA) is 41.5 Å². The van der Waals surface area contributed by atoms with Gasteiger partial charge in [-0.3, -0.25) is 0 Å². The Morgan fingerprint density at radius 1 is 0.917 bits per heavy atom. The van der Waals surface area contributed by atoms with Gasteiger partial charge in [-0.1, -0.05) is 74.5 Å². The predicted molar refractivity (Wildman–Crippen MR) is 98.6 cm³/mol. The van der Waals surface area contributed by atoms with Gasteiger partial charge >= 0.3 is 0 Å². The summed E-state index contributed by atoms with van der Waals surface area (Å²) in [5.74, 6) is 0.535. The number of hydrogen-bond acceptors (Lipinski definition) is 3. The molecule has 0 unspecified atom stereocenters. The molecular formula is C21H29NO2. The van der Waals surface area contributed by atoms with Crippen LogP contribution in [0.5, 0.6) is 0 Å². The predicted octanol–water partition coefficient (Wildman–Crippen LogP) is 3.77. The number of aliphatic hydroxyl groups is 1. The highest BCUT2D eigenvalue weighted by Gasteiger charge is 2.22. The zero-order valence-corrected chi connectivity index (χ0v) is 14.7. The first kappa shape index (κ1) is 18.7. The maximum Gasteiger partial charge on any atom is 0.0962 e. The molecule has 0 radical (unpaired) electrons. The van der Waals surface area contributed by atoms with Crippen molar-refractivity contribution in [2.45, 2.75) is 45.6 Å². The van der Waals surface area contributed by atoms with Gasteiger partial charge in [-0.25, -0.2) is 0 Å². The molecule has 0 heterocycles. The first-order valence-corrected chi connectivity index (χ1v) is 8.72. The fourth-order valence-corrected chi connectivity index (χ4v) is 2.79. The first-order chi connectivity index (χ1) is 11.7. The summed E-state index contributed by atoms with van der Waals surface area (Å²) in [5.41, 5.74) is 2.37. The van der Waals surface area contributed by atoms with Gasteiger partial charge in [0, 0.05) is 12.6 Å². The summed E-state index contributed by atoms with van der Waals surface area (Å²) in [6.45, 7) is 5.72. The van der Waals surface area contributed by atoms with Crippen LogP contribution in [0.25, 0.3) is 0 Å². The minimum Gasteiger partial charge on any atom is -0.394 e.